The second kappa shape index (κ2) is 20.3. The van der Waals surface area contributed by atoms with Crippen LogP contribution in [0.25, 0.3) is 0 Å². The van der Waals surface area contributed by atoms with Crippen molar-refractivity contribution < 1.29 is 68.7 Å². The maximum Gasteiger partial charge on any atom is 0.326 e. The quantitative estimate of drug-likeness (QED) is 0.0589. The fourth-order valence-electron chi connectivity index (χ4n) is 4.72. The number of nitrogens with two attached hydrogens (primary N) is 2. The van der Waals surface area contributed by atoms with Crippen LogP contribution >= 0.6 is 0 Å². The highest BCUT2D eigenvalue weighted by molar-refractivity contribution is 5.99. The molecule has 6 atom stereocenters. The summed E-state index contributed by atoms with van der Waals surface area (Å²) in [6.45, 7) is 1.16. The first kappa shape index (κ1) is 43.4. The number of hydrogen-bond donors (Lipinski definition) is 12. The van der Waals surface area contributed by atoms with Crippen molar-refractivity contribution in [3.8, 4) is 11.5 Å². The first-order valence-electron chi connectivity index (χ1n) is 16.0. The summed E-state index contributed by atoms with van der Waals surface area (Å²) in [5.41, 5.74) is 11.6. The van der Waals surface area contributed by atoms with Gasteiger partial charge in [-0.1, -0.05) is 24.3 Å². The summed E-state index contributed by atoms with van der Waals surface area (Å²) in [5.74, 6) is -11.5. The van der Waals surface area contributed by atoms with Crippen LogP contribution in [-0.4, -0.2) is 115 Å². The number of hydrogen-bond acceptors (Lipinski definition) is 12. The number of carbonyl (C=O) groups is 9. The number of amides is 6. The summed E-state index contributed by atoms with van der Waals surface area (Å²) in [7, 11) is 0. The average Bonchev–Trinajstić information content (AvgIpc) is 3.07. The highest BCUT2D eigenvalue weighted by Gasteiger charge is 2.34. The Balaban J connectivity index is 2.23. The largest absolute Gasteiger partial charge is 0.508 e. The second-order valence-corrected chi connectivity index (χ2v) is 12.0. The minimum atomic E-state index is -1.96. The Labute approximate surface area is 306 Å². The smallest absolute Gasteiger partial charge is 0.326 e. The number of carboxylic acid groups (broad SMARTS) is 3. The highest BCUT2D eigenvalue weighted by Crippen LogP contribution is 2.13. The molecule has 21 nitrogen and oxygen atoms in total. The molecule has 14 N–H and O–H groups in total. The van der Waals surface area contributed by atoms with E-state index in [-0.39, 0.29) is 24.3 Å². The van der Waals surface area contributed by atoms with E-state index >= 15 is 0 Å². The topological polar surface area (TPSA) is 367 Å². The molecule has 0 saturated heterocycles. The molecule has 0 spiro atoms. The maximum atomic E-state index is 13.4. The van der Waals surface area contributed by atoms with Crippen molar-refractivity contribution in [3.63, 3.8) is 0 Å². The van der Waals surface area contributed by atoms with E-state index in [0.717, 1.165) is 6.92 Å². The number of aromatic hydroxyl groups is 2. The summed E-state index contributed by atoms with van der Waals surface area (Å²) < 4.78 is 0. The van der Waals surface area contributed by atoms with Gasteiger partial charge in [0.15, 0.2) is 0 Å². The van der Waals surface area contributed by atoms with Crippen LogP contribution in [0, 0.1) is 0 Å². The van der Waals surface area contributed by atoms with Gasteiger partial charge in [-0.2, -0.15) is 0 Å². The lowest BCUT2D eigenvalue weighted by atomic mass is 10.0. The molecule has 0 heterocycles. The molecule has 2 aromatic carbocycles. The third-order valence-corrected chi connectivity index (χ3v) is 7.53. The van der Waals surface area contributed by atoms with Gasteiger partial charge in [0, 0.05) is 12.8 Å². The van der Waals surface area contributed by atoms with Gasteiger partial charge < -0.3 is 63.6 Å². The molecule has 0 aliphatic rings. The lowest BCUT2D eigenvalue weighted by Crippen LogP contribution is -2.60. The SMILES string of the molecule is C[C@H](NC(=O)[C@H](CC(N)=O)NC(=O)[C@H](CC(=O)O)NC(=O)[C@H](Cc1ccc(O)cc1)NC(=O)[C@@H](N)CC(=O)O)C(=O)N[C@@H](Cc1ccc(O)cc1)C(=O)O. The molecular weight excluding hydrogens is 718 g/mol. The van der Waals surface area contributed by atoms with Crippen LogP contribution in [0.15, 0.2) is 48.5 Å². The number of carboxylic acids is 3. The van der Waals surface area contributed by atoms with Gasteiger partial charge in [-0.05, 0) is 42.3 Å². The summed E-state index contributed by atoms with van der Waals surface area (Å²) in [5, 5.41) is 58.0. The molecule has 2 rings (SSSR count). The third kappa shape index (κ3) is 14.8. The van der Waals surface area contributed by atoms with Crippen LogP contribution < -0.4 is 38.1 Å². The van der Waals surface area contributed by atoms with E-state index in [9.17, 15) is 63.6 Å². The van der Waals surface area contributed by atoms with Crippen LogP contribution in [0.1, 0.15) is 37.3 Å². The Morgan fingerprint density at radius 3 is 1.37 bits per heavy atom. The monoisotopic (exact) mass is 759 g/mol. The summed E-state index contributed by atoms with van der Waals surface area (Å²) in [6, 6.07) is 0.859. The number of carbonyl (C=O) groups excluding carboxylic acids is 6. The van der Waals surface area contributed by atoms with Gasteiger partial charge >= 0.3 is 17.9 Å². The Kier molecular flexibility index (Phi) is 16.3. The molecule has 6 amide bonds. The second-order valence-electron chi connectivity index (χ2n) is 12.0. The molecule has 0 radical (unpaired) electrons. The van der Waals surface area contributed by atoms with Crippen LogP contribution in [0.2, 0.25) is 0 Å². The highest BCUT2D eigenvalue weighted by atomic mass is 16.4. The zero-order chi connectivity index (χ0) is 40.7. The van der Waals surface area contributed by atoms with Crippen molar-refractivity contribution in [1.82, 2.24) is 26.6 Å². The van der Waals surface area contributed by atoms with E-state index in [2.05, 4.69) is 26.6 Å². The standard InChI is InChI=1S/C33H41N7O14/c1-15(28(48)40-24(33(53)54)11-17-4-8-19(42)9-5-17)36-30(50)22(13-25(35)43)38-32(52)23(14-27(46)47)39-31(51)21(10-16-2-6-18(41)7-3-16)37-29(49)20(34)12-26(44)45/h2-9,15,20-24,41-42H,10-14,34H2,1H3,(H2,35,43)(H,36,50)(H,37,49)(H,38,52)(H,39,51)(H,40,48)(H,44,45)(H,46,47)(H,53,54)/t15-,20-,21-,22-,23-,24-/m0/s1. The van der Waals surface area contributed by atoms with Gasteiger partial charge in [0.05, 0.1) is 25.3 Å². The number of benzene rings is 2. The zero-order valence-electron chi connectivity index (χ0n) is 28.7. The Morgan fingerprint density at radius 1 is 0.537 bits per heavy atom. The summed E-state index contributed by atoms with van der Waals surface area (Å²) >= 11 is 0. The first-order valence-corrected chi connectivity index (χ1v) is 16.0. The number of nitrogens with one attached hydrogen (secondary N) is 5. The van der Waals surface area contributed by atoms with E-state index in [1.54, 1.807) is 0 Å². The molecule has 292 valence electrons. The van der Waals surface area contributed by atoms with E-state index in [4.69, 9.17) is 16.6 Å². The lowest BCUT2D eigenvalue weighted by molar-refractivity contribution is -0.142. The maximum absolute atomic E-state index is 13.4. The van der Waals surface area contributed by atoms with Crippen LogP contribution in [0.4, 0.5) is 0 Å². The minimum absolute atomic E-state index is 0.0706. The van der Waals surface area contributed by atoms with Gasteiger partial charge in [-0.3, -0.25) is 38.4 Å². The number of primary amides is 1. The number of rotatable bonds is 21. The van der Waals surface area contributed by atoms with Crippen molar-refractivity contribution in [2.24, 2.45) is 11.5 Å². The molecule has 0 bridgehead atoms. The zero-order valence-corrected chi connectivity index (χ0v) is 28.7. The molecule has 21 heteroatoms. The molecule has 54 heavy (non-hydrogen) atoms. The van der Waals surface area contributed by atoms with Crippen molar-refractivity contribution in [3.05, 3.63) is 59.7 Å². The van der Waals surface area contributed by atoms with Crippen molar-refractivity contribution in [2.45, 2.75) is 75.3 Å². The molecule has 0 aliphatic heterocycles. The number of aliphatic carboxylic acids is 3. The molecule has 0 fully saturated rings. The van der Waals surface area contributed by atoms with Gasteiger partial charge in [-0.15, -0.1) is 0 Å². The molecule has 0 unspecified atom stereocenters. The van der Waals surface area contributed by atoms with Crippen molar-refractivity contribution in [1.29, 1.82) is 0 Å². The number of phenolic OH excluding ortho intramolecular Hbond substituents is 2. The van der Waals surface area contributed by atoms with E-state index in [1.807, 2.05) is 0 Å². The minimum Gasteiger partial charge on any atom is -0.508 e. The van der Waals surface area contributed by atoms with E-state index < -0.39 is 109 Å². The predicted octanol–water partition coefficient (Wildman–Crippen LogP) is -3.44. The van der Waals surface area contributed by atoms with Crippen LogP contribution in [0.5, 0.6) is 11.5 Å². The molecule has 0 aliphatic carbocycles. The van der Waals surface area contributed by atoms with Gasteiger partial charge in [0.2, 0.25) is 35.4 Å². The fraction of sp³-hybridized carbons (Fsp3) is 0.364. The van der Waals surface area contributed by atoms with Crippen molar-refractivity contribution in [2.75, 3.05) is 0 Å². The molecule has 0 saturated carbocycles. The Bertz CT molecular complexity index is 1720. The molecular formula is C33H41N7O14. The van der Waals surface area contributed by atoms with E-state index in [0.29, 0.717) is 11.1 Å². The molecule has 2 aromatic rings. The summed E-state index contributed by atoms with van der Waals surface area (Å²) in [6.07, 6.45) is -3.29. The molecule has 0 aromatic heterocycles. The third-order valence-electron chi connectivity index (χ3n) is 7.53. The van der Waals surface area contributed by atoms with Gasteiger partial charge in [0.1, 0.15) is 41.7 Å². The normalized spacial score (nSPS) is 14.0. The van der Waals surface area contributed by atoms with Crippen LogP contribution in [0.3, 0.4) is 0 Å². The van der Waals surface area contributed by atoms with E-state index in [1.165, 1.54) is 48.5 Å². The van der Waals surface area contributed by atoms with Crippen molar-refractivity contribution >= 4 is 53.4 Å². The Morgan fingerprint density at radius 2 is 0.926 bits per heavy atom. The summed E-state index contributed by atoms with van der Waals surface area (Å²) in [4.78, 5) is 112. The fourth-order valence-corrected chi connectivity index (χ4v) is 4.72. The van der Waals surface area contributed by atoms with Gasteiger partial charge in [0.25, 0.3) is 0 Å². The lowest BCUT2D eigenvalue weighted by Gasteiger charge is -2.26. The van der Waals surface area contributed by atoms with Crippen LogP contribution in [-0.2, 0) is 56.0 Å². The average molecular weight is 760 g/mol. The first-order chi connectivity index (χ1) is 25.2. The number of phenols is 2. The Hall–Kier alpha value is -6.77. The predicted molar refractivity (Wildman–Crippen MR) is 183 cm³/mol. The van der Waals surface area contributed by atoms with Gasteiger partial charge in [-0.25, -0.2) is 4.79 Å².